The van der Waals surface area contributed by atoms with E-state index in [4.69, 9.17) is 4.98 Å². The zero-order valence-corrected chi connectivity index (χ0v) is 13.3. The van der Waals surface area contributed by atoms with Crippen molar-refractivity contribution in [2.45, 2.75) is 23.4 Å². The van der Waals surface area contributed by atoms with Gasteiger partial charge in [0.1, 0.15) is 21.2 Å². The van der Waals surface area contributed by atoms with Crippen molar-refractivity contribution in [3.05, 3.63) is 23.2 Å². The smallest absolute Gasteiger partial charge is 0.234 e. The van der Waals surface area contributed by atoms with Gasteiger partial charge in [-0.15, -0.1) is 11.3 Å². The lowest BCUT2D eigenvalue weighted by Gasteiger charge is -2.08. The number of anilines is 1. The van der Waals surface area contributed by atoms with Crippen LogP contribution in [0.1, 0.15) is 12.5 Å². The van der Waals surface area contributed by atoms with Gasteiger partial charge in [0.05, 0.1) is 0 Å². The van der Waals surface area contributed by atoms with Gasteiger partial charge < -0.3 is 9.87 Å². The Labute approximate surface area is 127 Å². The van der Waals surface area contributed by atoms with E-state index in [-0.39, 0.29) is 5.37 Å². The Kier molecular flexibility index (Phi) is 2.78. The molecule has 20 heavy (non-hydrogen) atoms. The summed E-state index contributed by atoms with van der Waals surface area (Å²) >= 11 is 2.13. The summed E-state index contributed by atoms with van der Waals surface area (Å²) < 4.78 is 13.1. The number of aromatic nitrogens is 2. The van der Waals surface area contributed by atoms with Gasteiger partial charge in [0.25, 0.3) is 0 Å². The van der Waals surface area contributed by atoms with Crippen molar-refractivity contribution in [1.82, 2.24) is 9.97 Å². The second kappa shape index (κ2) is 4.42. The minimum Gasteiger partial charge on any atom is -0.609 e. The summed E-state index contributed by atoms with van der Waals surface area (Å²) in [6.07, 6.45) is 1.79. The Morgan fingerprint density at radius 2 is 2.30 bits per heavy atom. The number of aryl methyl sites for hydroxylation is 1. The van der Waals surface area contributed by atoms with Crippen LogP contribution < -0.4 is 5.32 Å². The molecule has 2 unspecified atom stereocenters. The van der Waals surface area contributed by atoms with Gasteiger partial charge in [-0.1, -0.05) is 11.3 Å². The van der Waals surface area contributed by atoms with Crippen LogP contribution in [-0.4, -0.2) is 19.9 Å². The van der Waals surface area contributed by atoms with Crippen molar-refractivity contribution >= 4 is 49.8 Å². The fourth-order valence-corrected chi connectivity index (χ4v) is 5.86. The molecule has 3 aromatic rings. The Morgan fingerprint density at radius 3 is 3.05 bits per heavy atom. The molecule has 4 rings (SSSR count). The summed E-state index contributed by atoms with van der Waals surface area (Å²) in [7, 11) is 0. The second-order valence-electron chi connectivity index (χ2n) is 4.69. The van der Waals surface area contributed by atoms with Gasteiger partial charge in [-0.05, 0) is 18.6 Å². The molecular formula is C13H11N3OS3. The Morgan fingerprint density at radius 1 is 1.45 bits per heavy atom. The van der Waals surface area contributed by atoms with Gasteiger partial charge in [-0.3, -0.25) is 0 Å². The number of thiazole rings is 1. The maximum Gasteiger partial charge on any atom is 0.234 e. The van der Waals surface area contributed by atoms with Crippen LogP contribution in [0.3, 0.4) is 0 Å². The molecule has 4 nitrogen and oxygen atoms in total. The fraction of sp³-hybridized carbons (Fsp3) is 0.231. The SMILES string of the molecule is Cc1cc(-c2nccs2)nc2sc3c(c12)NC(C)[S+]3[O-]. The van der Waals surface area contributed by atoms with E-state index in [1.165, 1.54) is 11.3 Å². The summed E-state index contributed by atoms with van der Waals surface area (Å²) in [5, 5.41) is 7.28. The molecule has 2 atom stereocenters. The predicted octanol–water partition coefficient (Wildman–Crippen LogP) is 3.61. The first-order valence-corrected chi connectivity index (χ1v) is 9.07. The number of fused-ring (bicyclic) bond motifs is 3. The highest BCUT2D eigenvalue weighted by Gasteiger charge is 2.36. The van der Waals surface area contributed by atoms with E-state index in [9.17, 15) is 4.55 Å². The molecule has 0 radical (unpaired) electrons. The van der Waals surface area contributed by atoms with Crippen LogP contribution in [0.15, 0.2) is 21.9 Å². The van der Waals surface area contributed by atoms with E-state index in [0.29, 0.717) is 0 Å². The van der Waals surface area contributed by atoms with Gasteiger partial charge in [-0.2, -0.15) is 0 Å². The predicted molar refractivity (Wildman–Crippen MR) is 85.0 cm³/mol. The lowest BCUT2D eigenvalue weighted by atomic mass is 10.1. The summed E-state index contributed by atoms with van der Waals surface area (Å²) in [6, 6.07) is 2.06. The molecule has 1 aliphatic heterocycles. The van der Waals surface area contributed by atoms with Gasteiger partial charge >= 0.3 is 0 Å². The van der Waals surface area contributed by atoms with Crippen LogP contribution in [-0.2, 0) is 11.2 Å². The number of pyridine rings is 1. The molecule has 7 heteroatoms. The zero-order valence-electron chi connectivity index (χ0n) is 10.8. The second-order valence-corrected chi connectivity index (χ2v) is 8.55. The number of nitrogens with zero attached hydrogens (tertiary/aromatic N) is 2. The van der Waals surface area contributed by atoms with Crippen molar-refractivity contribution in [3.8, 4) is 10.7 Å². The average Bonchev–Trinajstić information content (AvgIpc) is 3.09. The normalized spacial score (nSPS) is 21.1. The first-order valence-electron chi connectivity index (χ1n) is 6.16. The summed E-state index contributed by atoms with van der Waals surface area (Å²) in [5.41, 5.74) is 3.05. The van der Waals surface area contributed by atoms with E-state index < -0.39 is 11.2 Å². The third kappa shape index (κ3) is 1.70. The first-order chi connectivity index (χ1) is 9.65. The molecule has 1 N–H and O–H groups in total. The molecular weight excluding hydrogens is 310 g/mol. The molecule has 0 saturated carbocycles. The molecule has 0 spiro atoms. The fourth-order valence-electron chi connectivity index (χ4n) is 2.41. The summed E-state index contributed by atoms with van der Waals surface area (Å²) in [6.45, 7) is 4.02. The monoisotopic (exact) mass is 321 g/mol. The van der Waals surface area contributed by atoms with Gasteiger partial charge in [-0.25, -0.2) is 9.97 Å². The highest BCUT2D eigenvalue weighted by molar-refractivity contribution is 7.94. The molecule has 0 bridgehead atoms. The number of thiophene rings is 1. The summed E-state index contributed by atoms with van der Waals surface area (Å²) in [5.74, 6) is 0. The lowest BCUT2D eigenvalue weighted by Crippen LogP contribution is -2.17. The third-order valence-corrected chi connectivity index (χ3v) is 7.08. The van der Waals surface area contributed by atoms with Crippen LogP contribution in [0, 0.1) is 6.92 Å². The molecule has 4 heterocycles. The molecule has 0 fully saturated rings. The lowest BCUT2D eigenvalue weighted by molar-refractivity contribution is 0.593. The van der Waals surface area contributed by atoms with Crippen LogP contribution in [0.5, 0.6) is 0 Å². The van der Waals surface area contributed by atoms with Crippen molar-refractivity contribution in [2.24, 2.45) is 0 Å². The van der Waals surface area contributed by atoms with Gasteiger partial charge in [0.2, 0.25) is 4.21 Å². The molecule has 0 aliphatic carbocycles. The number of hydrogen-bond donors (Lipinski definition) is 1. The van der Waals surface area contributed by atoms with E-state index >= 15 is 0 Å². The summed E-state index contributed by atoms with van der Waals surface area (Å²) in [4.78, 5) is 9.94. The number of nitrogens with one attached hydrogen (secondary N) is 1. The molecule has 0 aromatic carbocycles. The highest BCUT2D eigenvalue weighted by atomic mass is 32.2. The van der Waals surface area contributed by atoms with Crippen LogP contribution in [0.25, 0.3) is 20.9 Å². The minimum atomic E-state index is -0.972. The quantitative estimate of drug-likeness (QED) is 0.696. The third-order valence-electron chi connectivity index (χ3n) is 3.33. The zero-order chi connectivity index (χ0) is 13.9. The minimum absolute atomic E-state index is 0.0151. The molecule has 102 valence electrons. The van der Waals surface area contributed by atoms with Crippen molar-refractivity contribution < 1.29 is 4.55 Å². The van der Waals surface area contributed by atoms with Crippen LogP contribution in [0.4, 0.5) is 5.69 Å². The molecule has 0 saturated heterocycles. The first kappa shape index (κ1) is 12.6. The maximum atomic E-state index is 12.2. The topological polar surface area (TPSA) is 60.9 Å². The Hall–Kier alpha value is -1.15. The highest BCUT2D eigenvalue weighted by Crippen LogP contribution is 2.46. The van der Waals surface area contributed by atoms with Crippen LogP contribution >= 0.6 is 22.7 Å². The van der Waals surface area contributed by atoms with Crippen molar-refractivity contribution in [1.29, 1.82) is 0 Å². The van der Waals surface area contributed by atoms with Crippen molar-refractivity contribution in [2.75, 3.05) is 5.32 Å². The van der Waals surface area contributed by atoms with E-state index in [0.717, 1.165) is 36.4 Å². The maximum absolute atomic E-state index is 12.2. The van der Waals surface area contributed by atoms with E-state index in [1.807, 2.05) is 12.3 Å². The van der Waals surface area contributed by atoms with Crippen molar-refractivity contribution in [3.63, 3.8) is 0 Å². The Bertz CT molecular complexity index is 797. The average molecular weight is 321 g/mol. The van der Waals surface area contributed by atoms with E-state index in [2.05, 4.69) is 23.3 Å². The number of hydrogen-bond acceptors (Lipinski definition) is 6. The van der Waals surface area contributed by atoms with Gasteiger partial charge in [0.15, 0.2) is 5.37 Å². The largest absolute Gasteiger partial charge is 0.609 e. The molecule has 3 aromatic heterocycles. The van der Waals surface area contributed by atoms with E-state index in [1.54, 1.807) is 17.5 Å². The standard InChI is InChI=1S/C13H11N3OS3/c1-6-5-8(11-14-3-4-18-11)16-12-9(6)10-13(19-12)20(17)7(2)15-10/h3-5,7,15H,1-2H3. The molecule has 0 amide bonds. The number of rotatable bonds is 1. The molecule has 1 aliphatic rings. The van der Waals surface area contributed by atoms with Gasteiger partial charge in [0, 0.05) is 35.1 Å². The Balaban J connectivity index is 1.96. The van der Waals surface area contributed by atoms with Crippen LogP contribution in [0.2, 0.25) is 0 Å².